The molecule has 5 heteroatoms. The summed E-state index contributed by atoms with van der Waals surface area (Å²) in [6.45, 7) is 0. The van der Waals surface area contributed by atoms with Crippen molar-refractivity contribution < 1.29 is 4.79 Å². The molecule has 1 aromatic heterocycles. The number of aromatic nitrogens is 1. The predicted molar refractivity (Wildman–Crippen MR) is 56.5 cm³/mol. The first-order chi connectivity index (χ1) is 6.75. The predicted octanol–water partition coefficient (Wildman–Crippen LogP) is 1.60. The zero-order valence-electron chi connectivity index (χ0n) is 7.82. The lowest BCUT2D eigenvalue weighted by Gasteiger charge is -2.09. The summed E-state index contributed by atoms with van der Waals surface area (Å²) in [5, 5.41) is 5.82. The lowest BCUT2D eigenvalue weighted by molar-refractivity contribution is 0.0996. The smallest absolute Gasteiger partial charge is 0.268 e. The van der Waals surface area contributed by atoms with E-state index in [0.717, 1.165) is 5.13 Å². The topological polar surface area (TPSA) is 68.0 Å². The van der Waals surface area contributed by atoms with Crippen LogP contribution in [-0.2, 0) is 0 Å². The van der Waals surface area contributed by atoms with E-state index in [9.17, 15) is 4.79 Å². The maximum Gasteiger partial charge on any atom is 0.268 e. The number of rotatable bonds is 3. The third-order valence-corrected chi connectivity index (χ3v) is 3.21. The number of nitrogens with two attached hydrogens (primary N) is 1. The average molecular weight is 211 g/mol. The number of carbonyl (C=O) groups excluding carboxylic acids is 1. The molecule has 1 aliphatic rings. The van der Waals surface area contributed by atoms with Crippen molar-refractivity contribution in [2.45, 2.75) is 31.7 Å². The first kappa shape index (κ1) is 9.45. The molecule has 0 saturated heterocycles. The quantitative estimate of drug-likeness (QED) is 0.798. The Hall–Kier alpha value is -1.10. The van der Waals surface area contributed by atoms with Gasteiger partial charge in [-0.05, 0) is 12.8 Å². The SMILES string of the molecule is NC(=O)c1csc(NC2CCCC2)n1. The van der Waals surface area contributed by atoms with Gasteiger partial charge in [-0.25, -0.2) is 4.98 Å². The standard InChI is InChI=1S/C9H13N3OS/c10-8(13)7-5-14-9(12-7)11-6-3-1-2-4-6/h5-6H,1-4H2,(H2,10,13)(H,11,12). The van der Waals surface area contributed by atoms with Crippen LogP contribution in [0.2, 0.25) is 0 Å². The molecule has 3 N–H and O–H groups in total. The minimum absolute atomic E-state index is 0.357. The normalized spacial score (nSPS) is 17.1. The van der Waals surface area contributed by atoms with Gasteiger partial charge in [-0.3, -0.25) is 4.79 Å². The van der Waals surface area contributed by atoms with Gasteiger partial charge in [0.1, 0.15) is 5.69 Å². The first-order valence-electron chi connectivity index (χ1n) is 4.77. The Morgan fingerprint density at radius 1 is 1.57 bits per heavy atom. The number of hydrogen-bond acceptors (Lipinski definition) is 4. The molecule has 0 bridgehead atoms. The van der Waals surface area contributed by atoms with Crippen molar-refractivity contribution in [3.8, 4) is 0 Å². The van der Waals surface area contributed by atoms with Gasteiger partial charge in [-0.2, -0.15) is 0 Å². The molecule has 0 unspecified atom stereocenters. The molecule has 1 aliphatic carbocycles. The largest absolute Gasteiger partial charge is 0.364 e. The van der Waals surface area contributed by atoms with E-state index in [-0.39, 0.29) is 0 Å². The van der Waals surface area contributed by atoms with Crippen LogP contribution in [0.3, 0.4) is 0 Å². The van der Waals surface area contributed by atoms with Gasteiger partial charge in [0.25, 0.3) is 5.91 Å². The van der Waals surface area contributed by atoms with Crippen LogP contribution in [0, 0.1) is 0 Å². The number of amides is 1. The third-order valence-electron chi connectivity index (χ3n) is 2.44. The lowest BCUT2D eigenvalue weighted by atomic mass is 10.3. The van der Waals surface area contributed by atoms with Crippen LogP contribution in [0.4, 0.5) is 5.13 Å². The highest BCUT2D eigenvalue weighted by molar-refractivity contribution is 7.13. The molecule has 76 valence electrons. The second-order valence-electron chi connectivity index (χ2n) is 3.53. The highest BCUT2D eigenvalue weighted by Gasteiger charge is 2.16. The van der Waals surface area contributed by atoms with E-state index in [1.165, 1.54) is 37.0 Å². The Morgan fingerprint density at radius 2 is 2.29 bits per heavy atom. The monoisotopic (exact) mass is 211 g/mol. The van der Waals surface area contributed by atoms with E-state index in [4.69, 9.17) is 5.73 Å². The summed E-state index contributed by atoms with van der Waals surface area (Å²) in [6.07, 6.45) is 4.97. The molecule has 1 aromatic rings. The fourth-order valence-corrected chi connectivity index (χ4v) is 2.48. The summed E-state index contributed by atoms with van der Waals surface area (Å²) in [7, 11) is 0. The molecule has 1 heterocycles. The van der Waals surface area contributed by atoms with Crippen molar-refractivity contribution in [2.75, 3.05) is 5.32 Å². The van der Waals surface area contributed by atoms with Crippen molar-refractivity contribution in [2.24, 2.45) is 5.73 Å². The maximum absolute atomic E-state index is 10.8. The fourth-order valence-electron chi connectivity index (χ4n) is 1.70. The Kier molecular flexibility index (Phi) is 2.67. The van der Waals surface area contributed by atoms with Crippen molar-refractivity contribution in [1.82, 2.24) is 4.98 Å². The van der Waals surface area contributed by atoms with Gasteiger partial charge < -0.3 is 11.1 Å². The molecule has 2 rings (SSSR count). The van der Waals surface area contributed by atoms with Crippen molar-refractivity contribution in [3.63, 3.8) is 0 Å². The van der Waals surface area contributed by atoms with Crippen LogP contribution < -0.4 is 11.1 Å². The molecule has 1 saturated carbocycles. The molecule has 0 aromatic carbocycles. The van der Waals surface area contributed by atoms with Gasteiger partial charge in [0, 0.05) is 11.4 Å². The number of hydrogen-bond donors (Lipinski definition) is 2. The fraction of sp³-hybridized carbons (Fsp3) is 0.556. The Labute approximate surface area is 86.5 Å². The van der Waals surface area contributed by atoms with Gasteiger partial charge in [-0.1, -0.05) is 12.8 Å². The third kappa shape index (κ3) is 2.04. The molecule has 1 fully saturated rings. The van der Waals surface area contributed by atoms with E-state index in [0.29, 0.717) is 11.7 Å². The van der Waals surface area contributed by atoms with Gasteiger partial charge in [0.2, 0.25) is 0 Å². The Morgan fingerprint density at radius 3 is 2.86 bits per heavy atom. The Bertz CT molecular complexity index is 331. The van der Waals surface area contributed by atoms with Crippen LogP contribution >= 0.6 is 11.3 Å². The number of anilines is 1. The average Bonchev–Trinajstić information content (AvgIpc) is 2.75. The number of carbonyl (C=O) groups is 1. The molecule has 0 radical (unpaired) electrons. The van der Waals surface area contributed by atoms with Crippen molar-refractivity contribution in [1.29, 1.82) is 0 Å². The molecule has 0 aliphatic heterocycles. The minimum Gasteiger partial charge on any atom is -0.364 e. The second kappa shape index (κ2) is 3.96. The van der Waals surface area contributed by atoms with Gasteiger partial charge in [0.15, 0.2) is 5.13 Å². The zero-order chi connectivity index (χ0) is 9.97. The lowest BCUT2D eigenvalue weighted by Crippen LogP contribution is -2.15. The first-order valence-corrected chi connectivity index (χ1v) is 5.65. The second-order valence-corrected chi connectivity index (χ2v) is 4.39. The molecule has 1 amide bonds. The van der Waals surface area contributed by atoms with E-state index in [1.807, 2.05) is 0 Å². The summed E-state index contributed by atoms with van der Waals surface area (Å²) in [5.41, 5.74) is 5.47. The number of nitrogens with one attached hydrogen (secondary N) is 1. The Balaban J connectivity index is 1.98. The number of thiazole rings is 1. The van der Waals surface area contributed by atoms with E-state index < -0.39 is 5.91 Å². The summed E-state index contributed by atoms with van der Waals surface area (Å²) < 4.78 is 0. The summed E-state index contributed by atoms with van der Waals surface area (Å²) in [4.78, 5) is 14.9. The van der Waals surface area contributed by atoms with Crippen molar-refractivity contribution in [3.05, 3.63) is 11.1 Å². The zero-order valence-corrected chi connectivity index (χ0v) is 8.64. The molecule has 0 atom stereocenters. The highest BCUT2D eigenvalue weighted by Crippen LogP contribution is 2.24. The highest BCUT2D eigenvalue weighted by atomic mass is 32.1. The molecular formula is C9H13N3OS. The van der Waals surface area contributed by atoms with Gasteiger partial charge >= 0.3 is 0 Å². The van der Waals surface area contributed by atoms with E-state index in [1.54, 1.807) is 5.38 Å². The van der Waals surface area contributed by atoms with Crippen LogP contribution in [-0.4, -0.2) is 16.9 Å². The number of primary amides is 1. The molecular weight excluding hydrogens is 198 g/mol. The van der Waals surface area contributed by atoms with Crippen LogP contribution in [0.5, 0.6) is 0 Å². The van der Waals surface area contributed by atoms with Gasteiger partial charge in [0.05, 0.1) is 0 Å². The summed E-state index contributed by atoms with van der Waals surface area (Å²) in [5.74, 6) is -0.458. The maximum atomic E-state index is 10.8. The van der Waals surface area contributed by atoms with Crippen LogP contribution in [0.25, 0.3) is 0 Å². The molecule has 14 heavy (non-hydrogen) atoms. The summed E-state index contributed by atoms with van der Waals surface area (Å²) >= 11 is 1.44. The van der Waals surface area contributed by atoms with Gasteiger partial charge in [-0.15, -0.1) is 11.3 Å². The van der Waals surface area contributed by atoms with Crippen molar-refractivity contribution >= 4 is 22.4 Å². The van der Waals surface area contributed by atoms with E-state index in [2.05, 4.69) is 10.3 Å². The van der Waals surface area contributed by atoms with Crippen LogP contribution in [0.1, 0.15) is 36.2 Å². The summed E-state index contributed by atoms with van der Waals surface area (Å²) in [6, 6.07) is 0.530. The number of nitrogens with zero attached hydrogens (tertiary/aromatic N) is 1. The molecule has 0 spiro atoms. The minimum atomic E-state index is -0.458. The van der Waals surface area contributed by atoms with E-state index >= 15 is 0 Å². The van der Waals surface area contributed by atoms with Crippen LogP contribution in [0.15, 0.2) is 5.38 Å². The molecule has 4 nitrogen and oxygen atoms in total.